The fourth-order valence-electron chi connectivity index (χ4n) is 1.68. The fraction of sp³-hybridized carbons (Fsp3) is 0.417. The molecule has 1 aromatic carbocycles. The lowest BCUT2D eigenvalue weighted by molar-refractivity contribution is 0.318. The maximum absolute atomic E-state index is 6.26. The molecule has 0 atom stereocenters. The molecule has 4 heteroatoms. The van der Waals surface area contributed by atoms with E-state index in [1.54, 1.807) is 0 Å². The molecule has 0 aliphatic rings. The average molecular weight is 283 g/mol. The van der Waals surface area contributed by atoms with Gasteiger partial charge in [-0.15, -0.1) is 0 Å². The molecule has 0 saturated carbocycles. The minimum absolute atomic E-state index is 0.460. The number of rotatable bonds is 3. The lowest BCUT2D eigenvalue weighted by Crippen LogP contribution is -2.35. The molecule has 2 rings (SSSR count). The molecule has 0 radical (unpaired) electrons. The van der Waals surface area contributed by atoms with Crippen molar-refractivity contribution in [2.45, 2.75) is 32.2 Å². The van der Waals surface area contributed by atoms with E-state index in [-0.39, 0.29) is 0 Å². The van der Waals surface area contributed by atoms with Gasteiger partial charge in [-0.05, 0) is 40.9 Å². The Hall–Kier alpha value is -0.870. The van der Waals surface area contributed by atoms with Crippen molar-refractivity contribution in [3.05, 3.63) is 28.6 Å². The molecule has 86 valence electrons. The number of aromatic nitrogens is 1. The maximum atomic E-state index is 6.26. The molecule has 2 aromatic rings. The summed E-state index contributed by atoms with van der Waals surface area (Å²) in [6.07, 6.45) is 1.63. The van der Waals surface area contributed by atoms with Crippen LogP contribution in [-0.4, -0.2) is 4.98 Å². The molecule has 0 saturated heterocycles. The highest BCUT2D eigenvalue weighted by molar-refractivity contribution is 9.10. The number of halogens is 1. The molecule has 2 N–H and O–H groups in total. The van der Waals surface area contributed by atoms with Crippen LogP contribution in [0.25, 0.3) is 11.1 Å². The zero-order valence-electron chi connectivity index (χ0n) is 9.46. The Morgan fingerprint density at radius 3 is 2.62 bits per heavy atom. The number of nitrogens with two attached hydrogens (primary N) is 1. The van der Waals surface area contributed by atoms with Gasteiger partial charge in [-0.3, -0.25) is 0 Å². The van der Waals surface area contributed by atoms with Crippen molar-refractivity contribution in [3.63, 3.8) is 0 Å². The van der Waals surface area contributed by atoms with Gasteiger partial charge in [0.05, 0.1) is 10.0 Å². The van der Waals surface area contributed by atoms with Gasteiger partial charge in [-0.25, -0.2) is 4.98 Å². The van der Waals surface area contributed by atoms with Gasteiger partial charge >= 0.3 is 0 Å². The molecule has 0 spiro atoms. The Balaban J connectivity index is 2.59. The van der Waals surface area contributed by atoms with Crippen LogP contribution >= 0.6 is 15.9 Å². The third-order valence-electron chi connectivity index (χ3n) is 3.05. The quantitative estimate of drug-likeness (QED) is 0.937. The van der Waals surface area contributed by atoms with E-state index >= 15 is 0 Å². The van der Waals surface area contributed by atoms with Crippen LogP contribution in [-0.2, 0) is 5.54 Å². The lowest BCUT2D eigenvalue weighted by atomic mass is 9.94. The standard InChI is InChI=1S/C12H15BrN2O/c1-3-12(14,4-2)11-15-9-7-5-6-8(13)10(9)16-11/h5-7H,3-4,14H2,1-2H3. The fourth-order valence-corrected chi connectivity index (χ4v) is 2.12. The van der Waals surface area contributed by atoms with E-state index in [2.05, 4.69) is 20.9 Å². The van der Waals surface area contributed by atoms with Crippen molar-refractivity contribution < 1.29 is 4.42 Å². The molecule has 0 bridgehead atoms. The third kappa shape index (κ3) is 1.76. The summed E-state index contributed by atoms with van der Waals surface area (Å²) in [6, 6.07) is 5.81. The van der Waals surface area contributed by atoms with Gasteiger partial charge in [0.2, 0.25) is 5.89 Å². The Morgan fingerprint density at radius 2 is 2.06 bits per heavy atom. The lowest BCUT2D eigenvalue weighted by Gasteiger charge is -2.21. The van der Waals surface area contributed by atoms with Gasteiger partial charge in [0.15, 0.2) is 5.58 Å². The molecule has 0 unspecified atom stereocenters. The predicted molar refractivity (Wildman–Crippen MR) is 68.2 cm³/mol. The van der Waals surface area contributed by atoms with Crippen LogP contribution < -0.4 is 5.73 Å². The SMILES string of the molecule is CCC(N)(CC)c1nc2cccc(Br)c2o1. The van der Waals surface area contributed by atoms with Gasteiger partial charge in [0.25, 0.3) is 0 Å². The van der Waals surface area contributed by atoms with Gasteiger partial charge in [0, 0.05) is 0 Å². The number of nitrogens with zero attached hydrogens (tertiary/aromatic N) is 1. The highest BCUT2D eigenvalue weighted by Gasteiger charge is 2.29. The first-order valence-corrected chi connectivity index (χ1v) is 6.24. The van der Waals surface area contributed by atoms with Crippen molar-refractivity contribution in [2.24, 2.45) is 5.73 Å². The minimum Gasteiger partial charge on any atom is -0.437 e. The first kappa shape index (κ1) is 11.6. The minimum atomic E-state index is -0.460. The van der Waals surface area contributed by atoms with Gasteiger partial charge in [0.1, 0.15) is 5.52 Å². The second-order valence-electron chi connectivity index (χ2n) is 3.97. The number of para-hydroxylation sites is 1. The molecule has 16 heavy (non-hydrogen) atoms. The zero-order valence-corrected chi connectivity index (χ0v) is 11.0. The largest absolute Gasteiger partial charge is 0.437 e. The second-order valence-corrected chi connectivity index (χ2v) is 4.82. The Labute approximate surface area is 103 Å². The van der Waals surface area contributed by atoms with E-state index in [1.165, 1.54) is 0 Å². The Kier molecular flexibility index (Phi) is 3.04. The van der Waals surface area contributed by atoms with Crippen LogP contribution in [0.5, 0.6) is 0 Å². The van der Waals surface area contributed by atoms with Crippen LogP contribution in [0.15, 0.2) is 27.1 Å². The summed E-state index contributed by atoms with van der Waals surface area (Å²) < 4.78 is 6.68. The summed E-state index contributed by atoms with van der Waals surface area (Å²) in [5.41, 5.74) is 7.42. The van der Waals surface area contributed by atoms with Crippen LogP contribution in [0.1, 0.15) is 32.6 Å². The third-order valence-corrected chi connectivity index (χ3v) is 3.68. The number of hydrogen-bond donors (Lipinski definition) is 1. The molecule has 3 nitrogen and oxygen atoms in total. The van der Waals surface area contributed by atoms with Crippen LogP contribution in [0.2, 0.25) is 0 Å². The molecule has 0 fully saturated rings. The van der Waals surface area contributed by atoms with Gasteiger partial charge in [-0.2, -0.15) is 0 Å². The van der Waals surface area contributed by atoms with E-state index < -0.39 is 5.54 Å². The molecular formula is C12H15BrN2O. The van der Waals surface area contributed by atoms with Crippen molar-refractivity contribution >= 4 is 27.0 Å². The second kappa shape index (κ2) is 4.18. The first-order valence-electron chi connectivity index (χ1n) is 5.45. The summed E-state index contributed by atoms with van der Waals surface area (Å²) >= 11 is 3.45. The topological polar surface area (TPSA) is 52.0 Å². The number of oxazole rings is 1. The van der Waals surface area contributed by atoms with Crippen molar-refractivity contribution in [2.75, 3.05) is 0 Å². The van der Waals surface area contributed by atoms with Crippen LogP contribution in [0.4, 0.5) is 0 Å². The molecule has 0 amide bonds. The normalized spacial score (nSPS) is 12.2. The summed E-state index contributed by atoms with van der Waals surface area (Å²) in [5.74, 6) is 0.624. The number of fused-ring (bicyclic) bond motifs is 1. The Bertz CT molecular complexity index is 503. The molecule has 1 aromatic heterocycles. The maximum Gasteiger partial charge on any atom is 0.215 e. The Morgan fingerprint density at radius 1 is 1.38 bits per heavy atom. The monoisotopic (exact) mass is 282 g/mol. The van der Waals surface area contributed by atoms with Gasteiger partial charge in [-0.1, -0.05) is 19.9 Å². The van der Waals surface area contributed by atoms with Crippen LogP contribution in [0.3, 0.4) is 0 Å². The number of benzene rings is 1. The van der Waals surface area contributed by atoms with E-state index in [4.69, 9.17) is 10.2 Å². The summed E-state index contributed by atoms with van der Waals surface area (Å²) in [7, 11) is 0. The first-order chi connectivity index (χ1) is 7.60. The van der Waals surface area contributed by atoms with Crippen molar-refractivity contribution in [1.82, 2.24) is 4.98 Å². The summed E-state index contributed by atoms with van der Waals surface area (Å²) in [6.45, 7) is 4.10. The summed E-state index contributed by atoms with van der Waals surface area (Å²) in [4.78, 5) is 4.47. The number of hydrogen-bond acceptors (Lipinski definition) is 3. The van der Waals surface area contributed by atoms with Gasteiger partial charge < -0.3 is 10.2 Å². The van der Waals surface area contributed by atoms with E-state index in [9.17, 15) is 0 Å². The highest BCUT2D eigenvalue weighted by Crippen LogP contribution is 2.31. The zero-order chi connectivity index (χ0) is 11.8. The van der Waals surface area contributed by atoms with E-state index in [1.807, 2.05) is 32.0 Å². The van der Waals surface area contributed by atoms with Crippen molar-refractivity contribution in [3.8, 4) is 0 Å². The molecule has 0 aliphatic heterocycles. The predicted octanol–water partition coefficient (Wildman–Crippen LogP) is 3.56. The molecule has 0 aliphatic carbocycles. The average Bonchev–Trinajstić information content (AvgIpc) is 2.74. The van der Waals surface area contributed by atoms with E-state index in [0.717, 1.165) is 28.4 Å². The smallest absolute Gasteiger partial charge is 0.215 e. The highest BCUT2D eigenvalue weighted by atomic mass is 79.9. The van der Waals surface area contributed by atoms with E-state index in [0.29, 0.717) is 5.89 Å². The summed E-state index contributed by atoms with van der Waals surface area (Å²) in [5, 5.41) is 0. The molecular weight excluding hydrogens is 268 g/mol. The van der Waals surface area contributed by atoms with Crippen molar-refractivity contribution in [1.29, 1.82) is 0 Å². The van der Waals surface area contributed by atoms with Crippen LogP contribution in [0, 0.1) is 0 Å². The molecule has 1 heterocycles.